The van der Waals surface area contributed by atoms with Crippen molar-refractivity contribution >= 4 is 41.3 Å². The molecular formula is C13H12N4O4S. The van der Waals surface area contributed by atoms with Crippen LogP contribution in [0.25, 0.3) is 0 Å². The zero-order valence-electron chi connectivity index (χ0n) is 11.3. The second kappa shape index (κ2) is 6.76. The first kappa shape index (κ1) is 15.6. The van der Waals surface area contributed by atoms with Crippen LogP contribution in [-0.2, 0) is 14.4 Å². The quantitative estimate of drug-likeness (QED) is 0.349. The van der Waals surface area contributed by atoms with Crippen LogP contribution in [0, 0.1) is 0 Å². The van der Waals surface area contributed by atoms with E-state index in [1.54, 1.807) is 12.1 Å². The molecule has 1 heterocycles. The fraction of sp³-hybridized carbons (Fsp3) is 0.154. The number of nitrogens with zero attached hydrogens (tertiary/aromatic N) is 2. The molecule has 1 aromatic rings. The highest BCUT2D eigenvalue weighted by molar-refractivity contribution is 7.80. The number of carbonyl (C=O) groups excluding carboxylic acids is 3. The summed E-state index contributed by atoms with van der Waals surface area (Å²) in [5, 5.41) is 4.27. The number of hydroxylamine groups is 2. The van der Waals surface area contributed by atoms with Gasteiger partial charge >= 0.3 is 5.97 Å². The molecule has 0 spiro atoms. The number of nitrogens with one attached hydrogen (secondary N) is 1. The van der Waals surface area contributed by atoms with Gasteiger partial charge in [-0.3, -0.25) is 15.0 Å². The minimum absolute atomic E-state index is 0.0119. The molecule has 0 aromatic heterocycles. The Morgan fingerprint density at radius 1 is 1.36 bits per heavy atom. The van der Waals surface area contributed by atoms with Gasteiger partial charge in [-0.1, -0.05) is 12.1 Å². The molecule has 0 atom stereocenters. The molecule has 0 aliphatic carbocycles. The number of thiocarbonyl (C=S) groups is 1. The lowest BCUT2D eigenvalue weighted by atomic mass is 10.1. The smallest absolute Gasteiger partial charge is 0.363 e. The van der Waals surface area contributed by atoms with Gasteiger partial charge in [0.1, 0.15) is 0 Å². The summed E-state index contributed by atoms with van der Waals surface area (Å²) >= 11 is 4.59. The van der Waals surface area contributed by atoms with Crippen molar-refractivity contribution in [2.75, 3.05) is 0 Å². The summed E-state index contributed by atoms with van der Waals surface area (Å²) in [6, 6.07) is 6.27. The highest BCUT2D eigenvalue weighted by Crippen LogP contribution is 2.14. The van der Waals surface area contributed by atoms with Gasteiger partial charge in [0.05, 0.1) is 11.8 Å². The number of hydrazone groups is 1. The van der Waals surface area contributed by atoms with Gasteiger partial charge in [-0.05, 0) is 29.9 Å². The van der Waals surface area contributed by atoms with Crippen LogP contribution in [0.4, 0.5) is 0 Å². The zero-order valence-corrected chi connectivity index (χ0v) is 12.1. The summed E-state index contributed by atoms with van der Waals surface area (Å²) in [5.41, 5.74) is 8.35. The van der Waals surface area contributed by atoms with Crippen LogP contribution < -0.4 is 11.2 Å². The number of hydrogen-bond donors (Lipinski definition) is 2. The van der Waals surface area contributed by atoms with E-state index in [9.17, 15) is 14.4 Å². The number of amides is 2. The Hall–Kier alpha value is -2.81. The Morgan fingerprint density at radius 2 is 2.05 bits per heavy atom. The predicted octanol–water partition coefficient (Wildman–Crippen LogP) is 0.0745. The van der Waals surface area contributed by atoms with Gasteiger partial charge in [-0.2, -0.15) is 5.10 Å². The van der Waals surface area contributed by atoms with E-state index in [1.165, 1.54) is 18.3 Å². The number of carbonyl (C=O) groups is 3. The Balaban J connectivity index is 2.07. The van der Waals surface area contributed by atoms with Crippen LogP contribution >= 0.6 is 12.2 Å². The van der Waals surface area contributed by atoms with E-state index >= 15 is 0 Å². The minimum atomic E-state index is -0.804. The van der Waals surface area contributed by atoms with Gasteiger partial charge in [0, 0.05) is 12.8 Å². The van der Waals surface area contributed by atoms with Crippen LogP contribution in [-0.4, -0.2) is 34.2 Å². The lowest BCUT2D eigenvalue weighted by Crippen LogP contribution is -2.32. The Kier molecular flexibility index (Phi) is 4.79. The standard InChI is InChI=1S/C13H12N4O4S/c14-13(22)16-15-7-8-2-1-3-9(6-8)12(20)21-17-10(18)4-5-11(17)19/h1-3,6-7H,4-5H2,(H3,14,16,22). The maximum Gasteiger partial charge on any atom is 0.363 e. The van der Waals surface area contributed by atoms with Crippen LogP contribution in [0.5, 0.6) is 0 Å². The Morgan fingerprint density at radius 3 is 2.68 bits per heavy atom. The molecular weight excluding hydrogens is 308 g/mol. The van der Waals surface area contributed by atoms with Crippen molar-refractivity contribution in [2.45, 2.75) is 12.8 Å². The molecule has 0 unspecified atom stereocenters. The van der Waals surface area contributed by atoms with Crippen LogP contribution in [0.2, 0.25) is 0 Å². The average Bonchev–Trinajstić information content (AvgIpc) is 2.79. The molecule has 0 saturated carbocycles. The van der Waals surface area contributed by atoms with Gasteiger partial charge in [0.25, 0.3) is 11.8 Å². The molecule has 114 valence electrons. The normalized spacial score (nSPS) is 14.5. The van der Waals surface area contributed by atoms with E-state index in [0.29, 0.717) is 10.6 Å². The molecule has 1 aliphatic rings. The molecule has 0 radical (unpaired) electrons. The minimum Gasteiger partial charge on any atom is -0.375 e. The number of rotatable bonds is 4. The van der Waals surface area contributed by atoms with E-state index in [4.69, 9.17) is 10.6 Å². The van der Waals surface area contributed by atoms with Crippen LogP contribution in [0.1, 0.15) is 28.8 Å². The molecule has 8 nitrogen and oxygen atoms in total. The molecule has 2 amide bonds. The average molecular weight is 320 g/mol. The highest BCUT2D eigenvalue weighted by Gasteiger charge is 2.33. The van der Waals surface area contributed by atoms with Crippen LogP contribution in [0.15, 0.2) is 29.4 Å². The monoisotopic (exact) mass is 320 g/mol. The molecule has 9 heteroatoms. The number of hydrogen-bond acceptors (Lipinski definition) is 6. The fourth-order valence-electron chi connectivity index (χ4n) is 1.71. The van der Waals surface area contributed by atoms with Crippen molar-refractivity contribution in [1.29, 1.82) is 0 Å². The van der Waals surface area contributed by atoms with Gasteiger partial charge in [-0.15, -0.1) is 5.06 Å². The molecule has 0 bridgehead atoms. The van der Waals surface area contributed by atoms with E-state index in [2.05, 4.69) is 22.7 Å². The Bertz CT molecular complexity index is 658. The first-order valence-electron chi connectivity index (χ1n) is 6.24. The van der Waals surface area contributed by atoms with E-state index in [-0.39, 0.29) is 23.5 Å². The summed E-state index contributed by atoms with van der Waals surface area (Å²) in [7, 11) is 0. The molecule has 22 heavy (non-hydrogen) atoms. The number of nitrogens with two attached hydrogens (primary N) is 1. The summed E-state index contributed by atoms with van der Waals surface area (Å²) in [4.78, 5) is 39.6. The second-order valence-electron chi connectivity index (χ2n) is 4.32. The number of benzene rings is 1. The lowest BCUT2D eigenvalue weighted by molar-refractivity contribution is -0.172. The van der Waals surface area contributed by atoms with Gasteiger partial charge in [0.15, 0.2) is 5.11 Å². The van der Waals surface area contributed by atoms with Gasteiger partial charge < -0.3 is 10.6 Å². The third-order valence-electron chi connectivity index (χ3n) is 2.69. The van der Waals surface area contributed by atoms with E-state index < -0.39 is 17.8 Å². The topological polar surface area (TPSA) is 114 Å². The highest BCUT2D eigenvalue weighted by atomic mass is 32.1. The summed E-state index contributed by atoms with van der Waals surface area (Å²) < 4.78 is 0. The van der Waals surface area contributed by atoms with Crippen molar-refractivity contribution in [1.82, 2.24) is 10.5 Å². The third kappa shape index (κ3) is 3.85. The second-order valence-corrected chi connectivity index (χ2v) is 4.76. The summed E-state index contributed by atoms with van der Waals surface area (Å²) in [6.45, 7) is 0. The van der Waals surface area contributed by atoms with Crippen molar-refractivity contribution in [3.8, 4) is 0 Å². The molecule has 1 fully saturated rings. The van der Waals surface area contributed by atoms with Gasteiger partial charge in [0.2, 0.25) is 0 Å². The Labute approximate surface area is 130 Å². The predicted molar refractivity (Wildman–Crippen MR) is 80.5 cm³/mol. The van der Waals surface area contributed by atoms with Crippen molar-refractivity contribution in [2.24, 2.45) is 10.8 Å². The van der Waals surface area contributed by atoms with Gasteiger partial charge in [-0.25, -0.2) is 4.79 Å². The fourth-order valence-corrected chi connectivity index (χ4v) is 1.76. The summed E-state index contributed by atoms with van der Waals surface area (Å²) in [6.07, 6.45) is 1.50. The van der Waals surface area contributed by atoms with Crippen LogP contribution in [0.3, 0.4) is 0 Å². The maximum atomic E-state index is 12.0. The van der Waals surface area contributed by atoms with Crippen molar-refractivity contribution in [3.05, 3.63) is 35.4 Å². The largest absolute Gasteiger partial charge is 0.375 e. The first-order chi connectivity index (χ1) is 10.5. The van der Waals surface area contributed by atoms with E-state index in [0.717, 1.165) is 0 Å². The molecule has 3 N–H and O–H groups in total. The SMILES string of the molecule is NC(=S)NN=Cc1cccc(C(=O)ON2C(=O)CCC2=O)c1. The third-order valence-corrected chi connectivity index (χ3v) is 2.78. The number of imide groups is 1. The lowest BCUT2D eigenvalue weighted by Gasteiger charge is -2.12. The molecule has 1 saturated heterocycles. The first-order valence-corrected chi connectivity index (χ1v) is 6.65. The zero-order chi connectivity index (χ0) is 16.1. The maximum absolute atomic E-state index is 12.0. The van der Waals surface area contributed by atoms with Crippen molar-refractivity contribution in [3.63, 3.8) is 0 Å². The molecule has 1 aliphatic heterocycles. The van der Waals surface area contributed by atoms with Crippen molar-refractivity contribution < 1.29 is 19.2 Å². The summed E-state index contributed by atoms with van der Waals surface area (Å²) in [5.74, 6) is -1.87. The van der Waals surface area contributed by atoms with E-state index in [1.807, 2.05) is 0 Å². The molecule has 2 rings (SSSR count). The molecule has 1 aromatic carbocycles.